The molecule has 0 radical (unpaired) electrons. The molecule has 1 aromatic heterocycles. The molecule has 0 aliphatic carbocycles. The van der Waals surface area contributed by atoms with Gasteiger partial charge in [-0.1, -0.05) is 25.9 Å². The number of ether oxygens (including phenoxy) is 1. The number of carbonyl (C=O) groups is 1. The van der Waals surface area contributed by atoms with Crippen molar-refractivity contribution >= 4 is 11.7 Å². The molecule has 23 heavy (non-hydrogen) atoms. The van der Waals surface area contributed by atoms with Gasteiger partial charge in [0, 0.05) is 17.5 Å². The van der Waals surface area contributed by atoms with Crippen molar-refractivity contribution in [3.8, 4) is 5.75 Å². The van der Waals surface area contributed by atoms with Crippen LogP contribution in [0.3, 0.4) is 0 Å². The van der Waals surface area contributed by atoms with Gasteiger partial charge in [-0.25, -0.2) is 8.78 Å². The zero-order valence-electron chi connectivity index (χ0n) is 13.3. The van der Waals surface area contributed by atoms with Crippen LogP contribution in [0.15, 0.2) is 28.8 Å². The molecule has 1 aromatic carbocycles. The van der Waals surface area contributed by atoms with E-state index in [1.54, 1.807) is 6.07 Å². The van der Waals surface area contributed by atoms with Gasteiger partial charge in [0.2, 0.25) is 0 Å². The van der Waals surface area contributed by atoms with E-state index in [4.69, 9.17) is 9.26 Å². The number of nitrogens with zero attached hydrogens (tertiary/aromatic N) is 1. The van der Waals surface area contributed by atoms with Crippen LogP contribution in [-0.4, -0.2) is 17.2 Å². The molecule has 124 valence electrons. The molecular weight excluding hydrogens is 306 g/mol. The topological polar surface area (TPSA) is 64.4 Å². The number of aromatic nitrogens is 1. The summed E-state index contributed by atoms with van der Waals surface area (Å²) in [6, 6.07) is 4.48. The lowest BCUT2D eigenvalue weighted by atomic mass is 9.93. The number of anilines is 1. The van der Waals surface area contributed by atoms with Gasteiger partial charge in [0.05, 0.1) is 0 Å². The first-order valence-corrected chi connectivity index (χ1v) is 7.06. The summed E-state index contributed by atoms with van der Waals surface area (Å²) in [7, 11) is 0. The van der Waals surface area contributed by atoms with Gasteiger partial charge < -0.3 is 14.6 Å². The Bertz CT molecular complexity index is 708. The van der Waals surface area contributed by atoms with Gasteiger partial charge in [0.1, 0.15) is 11.6 Å². The number of nitrogens with one attached hydrogen (secondary N) is 1. The average molecular weight is 324 g/mol. The van der Waals surface area contributed by atoms with Gasteiger partial charge in [-0.15, -0.1) is 0 Å². The smallest absolute Gasteiger partial charge is 0.266 e. The van der Waals surface area contributed by atoms with Gasteiger partial charge in [0.15, 0.2) is 23.5 Å². The summed E-state index contributed by atoms with van der Waals surface area (Å²) in [5.74, 6) is -1.46. The van der Waals surface area contributed by atoms with Gasteiger partial charge >= 0.3 is 0 Å². The minimum atomic E-state index is -0.996. The van der Waals surface area contributed by atoms with Crippen LogP contribution >= 0.6 is 0 Å². The van der Waals surface area contributed by atoms with E-state index >= 15 is 0 Å². The van der Waals surface area contributed by atoms with Gasteiger partial charge in [-0.2, -0.15) is 0 Å². The van der Waals surface area contributed by atoms with Crippen molar-refractivity contribution in [1.29, 1.82) is 0 Å². The molecule has 0 spiro atoms. The van der Waals surface area contributed by atoms with Gasteiger partial charge in [-0.05, 0) is 19.1 Å². The molecule has 0 saturated heterocycles. The number of carbonyl (C=O) groups excluding carboxylic acids is 1. The molecule has 0 fully saturated rings. The summed E-state index contributed by atoms with van der Waals surface area (Å²) in [6.07, 6.45) is -0.996. The van der Waals surface area contributed by atoms with Crippen LogP contribution in [0.2, 0.25) is 0 Å². The van der Waals surface area contributed by atoms with Gasteiger partial charge in [0.25, 0.3) is 5.91 Å². The Morgan fingerprint density at radius 3 is 2.57 bits per heavy atom. The maximum absolute atomic E-state index is 13.5. The Morgan fingerprint density at radius 1 is 1.30 bits per heavy atom. The Labute approximate surface area is 132 Å². The Morgan fingerprint density at radius 2 is 2.00 bits per heavy atom. The molecule has 2 rings (SSSR count). The van der Waals surface area contributed by atoms with Crippen LogP contribution in [0.25, 0.3) is 0 Å². The minimum absolute atomic E-state index is 0.204. The van der Waals surface area contributed by atoms with Crippen LogP contribution in [0.4, 0.5) is 14.6 Å². The fourth-order valence-electron chi connectivity index (χ4n) is 1.73. The van der Waals surface area contributed by atoms with Crippen LogP contribution in [0.5, 0.6) is 5.75 Å². The molecule has 5 nitrogen and oxygen atoms in total. The SMILES string of the molecule is C[C@H](Oc1ccc(F)cc1F)C(=O)Nc1cc(C(C)(C)C)on1. The lowest BCUT2D eigenvalue weighted by Crippen LogP contribution is -2.30. The normalized spacial score (nSPS) is 12.8. The highest BCUT2D eigenvalue weighted by atomic mass is 19.1. The van der Waals surface area contributed by atoms with E-state index in [-0.39, 0.29) is 17.0 Å². The molecular formula is C16H18F2N2O3. The molecule has 1 amide bonds. The average Bonchev–Trinajstić information content (AvgIpc) is 2.90. The van der Waals surface area contributed by atoms with Crippen molar-refractivity contribution in [3.05, 3.63) is 41.7 Å². The molecule has 0 bridgehead atoms. The van der Waals surface area contributed by atoms with Crippen molar-refractivity contribution in [1.82, 2.24) is 5.16 Å². The number of halogens is 2. The first-order valence-electron chi connectivity index (χ1n) is 7.06. The van der Waals surface area contributed by atoms with E-state index < -0.39 is 23.6 Å². The summed E-state index contributed by atoms with van der Waals surface area (Å²) in [4.78, 5) is 12.0. The molecule has 1 atom stereocenters. The molecule has 0 aliphatic heterocycles. The Kier molecular flexibility index (Phi) is 4.68. The Hall–Kier alpha value is -2.44. The highest BCUT2D eigenvalue weighted by molar-refractivity contribution is 5.93. The first kappa shape index (κ1) is 16.9. The van der Waals surface area contributed by atoms with E-state index in [2.05, 4.69) is 10.5 Å². The fraction of sp³-hybridized carbons (Fsp3) is 0.375. The van der Waals surface area contributed by atoms with Crippen molar-refractivity contribution in [2.75, 3.05) is 5.32 Å². The van der Waals surface area contributed by atoms with E-state index in [1.165, 1.54) is 6.92 Å². The van der Waals surface area contributed by atoms with Crippen molar-refractivity contribution in [3.63, 3.8) is 0 Å². The summed E-state index contributed by atoms with van der Waals surface area (Å²) in [5, 5.41) is 6.28. The van der Waals surface area contributed by atoms with E-state index in [0.717, 1.165) is 12.1 Å². The second kappa shape index (κ2) is 6.36. The lowest BCUT2D eigenvalue weighted by Gasteiger charge is -2.14. The van der Waals surface area contributed by atoms with Crippen molar-refractivity contribution in [2.24, 2.45) is 0 Å². The van der Waals surface area contributed by atoms with Crippen LogP contribution in [0.1, 0.15) is 33.5 Å². The predicted octanol–water partition coefficient (Wildman–Crippen LogP) is 3.66. The second-order valence-electron chi connectivity index (χ2n) is 6.15. The van der Waals surface area contributed by atoms with Gasteiger partial charge in [-0.3, -0.25) is 4.79 Å². The summed E-state index contributed by atoms with van der Waals surface area (Å²) in [5.41, 5.74) is -0.241. The first-order chi connectivity index (χ1) is 10.7. The zero-order chi connectivity index (χ0) is 17.2. The van der Waals surface area contributed by atoms with Crippen molar-refractivity contribution < 1.29 is 22.8 Å². The van der Waals surface area contributed by atoms with Crippen LogP contribution in [0, 0.1) is 11.6 Å². The number of hydrogen-bond donors (Lipinski definition) is 1. The number of amides is 1. The third kappa shape index (κ3) is 4.28. The summed E-state index contributed by atoms with van der Waals surface area (Å²) in [6.45, 7) is 7.29. The molecule has 7 heteroatoms. The molecule has 0 unspecified atom stereocenters. The monoisotopic (exact) mass is 324 g/mol. The second-order valence-corrected chi connectivity index (χ2v) is 6.15. The fourth-order valence-corrected chi connectivity index (χ4v) is 1.73. The zero-order valence-corrected chi connectivity index (χ0v) is 13.3. The Balaban J connectivity index is 2.01. The lowest BCUT2D eigenvalue weighted by molar-refractivity contribution is -0.122. The number of benzene rings is 1. The van der Waals surface area contributed by atoms with E-state index in [0.29, 0.717) is 11.8 Å². The van der Waals surface area contributed by atoms with E-state index in [9.17, 15) is 13.6 Å². The molecule has 2 aromatic rings. The maximum Gasteiger partial charge on any atom is 0.266 e. The summed E-state index contributed by atoms with van der Waals surface area (Å²) >= 11 is 0. The highest BCUT2D eigenvalue weighted by Crippen LogP contribution is 2.24. The third-order valence-corrected chi connectivity index (χ3v) is 3.07. The van der Waals surface area contributed by atoms with Crippen LogP contribution < -0.4 is 10.1 Å². The quantitative estimate of drug-likeness (QED) is 0.932. The summed E-state index contributed by atoms with van der Waals surface area (Å²) < 4.78 is 36.7. The molecule has 1 N–H and O–H groups in total. The molecule has 0 saturated carbocycles. The standard InChI is InChI=1S/C16H18F2N2O3/c1-9(22-12-6-5-10(17)7-11(12)18)15(21)19-14-8-13(23-20-14)16(2,3)4/h5-9H,1-4H3,(H,19,20,21)/t9-/m0/s1. The molecule has 0 aliphatic rings. The van der Waals surface area contributed by atoms with Crippen LogP contribution in [-0.2, 0) is 10.2 Å². The van der Waals surface area contributed by atoms with E-state index in [1.807, 2.05) is 20.8 Å². The largest absolute Gasteiger partial charge is 0.478 e. The maximum atomic E-state index is 13.5. The number of hydrogen-bond acceptors (Lipinski definition) is 4. The molecule has 1 heterocycles. The highest BCUT2D eigenvalue weighted by Gasteiger charge is 2.22. The van der Waals surface area contributed by atoms with Crippen molar-refractivity contribution in [2.45, 2.75) is 39.2 Å². The minimum Gasteiger partial charge on any atom is -0.478 e. The predicted molar refractivity (Wildman–Crippen MR) is 80.3 cm³/mol. The third-order valence-electron chi connectivity index (χ3n) is 3.07. The number of rotatable bonds is 4.